The summed E-state index contributed by atoms with van der Waals surface area (Å²) in [6.45, 7) is 5.81. The van der Waals surface area contributed by atoms with Crippen LogP contribution >= 0.6 is 0 Å². The number of Topliss-reactive ketones (excluding diaryl/α,β-unsaturated/α-hetero) is 1. The number of hydrogen-bond donors (Lipinski definition) is 1. The van der Waals surface area contributed by atoms with Crippen LogP contribution in [0.1, 0.15) is 23.1 Å². The van der Waals surface area contributed by atoms with E-state index in [2.05, 4.69) is 19.8 Å². The quantitative estimate of drug-likeness (QED) is 0.722. The number of carbonyl (C=O) groups is 1. The second-order valence-corrected chi connectivity index (χ2v) is 6.90. The number of fused-ring (bicyclic) bond motifs is 1. The topological polar surface area (TPSA) is 69.3 Å². The van der Waals surface area contributed by atoms with Crippen molar-refractivity contribution < 1.29 is 4.79 Å². The molecule has 6 nitrogen and oxygen atoms in total. The smallest absolute Gasteiger partial charge is 0.258 e. The number of aromatic amines is 1. The fourth-order valence-corrected chi connectivity index (χ4v) is 3.49. The first kappa shape index (κ1) is 17.4. The molecule has 0 radical (unpaired) electrons. The minimum atomic E-state index is -0.0835. The highest BCUT2D eigenvalue weighted by Crippen LogP contribution is 2.18. The summed E-state index contributed by atoms with van der Waals surface area (Å²) in [4.78, 5) is 35.7. The Labute approximate surface area is 157 Å². The predicted molar refractivity (Wildman–Crippen MR) is 106 cm³/mol. The third-order valence-corrected chi connectivity index (χ3v) is 5.05. The first-order valence-corrected chi connectivity index (χ1v) is 9.16. The fourth-order valence-electron chi connectivity index (χ4n) is 3.49. The molecule has 0 saturated carbocycles. The minimum absolute atomic E-state index is 0.0835. The lowest BCUT2D eigenvalue weighted by atomic mass is 10.1. The molecule has 1 aliphatic heterocycles. The maximum Gasteiger partial charge on any atom is 0.258 e. The second kappa shape index (κ2) is 7.32. The van der Waals surface area contributed by atoms with Crippen LogP contribution in [0.3, 0.4) is 0 Å². The minimum Gasteiger partial charge on any atom is -0.369 e. The molecule has 0 bridgehead atoms. The Bertz CT molecular complexity index is 1020. The summed E-state index contributed by atoms with van der Waals surface area (Å²) in [5.41, 5.74) is 2.53. The molecule has 0 amide bonds. The predicted octanol–water partition coefficient (Wildman–Crippen LogP) is 2.45. The summed E-state index contributed by atoms with van der Waals surface area (Å²) >= 11 is 0. The van der Waals surface area contributed by atoms with Gasteiger partial charge in [0.1, 0.15) is 5.82 Å². The van der Waals surface area contributed by atoms with Crippen molar-refractivity contribution in [1.29, 1.82) is 0 Å². The summed E-state index contributed by atoms with van der Waals surface area (Å²) in [5, 5.41) is 0.625. The molecule has 0 spiro atoms. The number of nitrogens with one attached hydrogen (secondary N) is 1. The van der Waals surface area contributed by atoms with Crippen molar-refractivity contribution in [3.8, 4) is 0 Å². The van der Waals surface area contributed by atoms with Crippen LogP contribution in [0.25, 0.3) is 10.9 Å². The summed E-state index contributed by atoms with van der Waals surface area (Å²) < 4.78 is 0. The van der Waals surface area contributed by atoms with Crippen LogP contribution in [0.2, 0.25) is 0 Å². The maximum atomic E-state index is 12.2. The second-order valence-electron chi connectivity index (χ2n) is 6.90. The highest BCUT2D eigenvalue weighted by Gasteiger charge is 2.18. The van der Waals surface area contributed by atoms with Gasteiger partial charge < -0.3 is 9.88 Å². The zero-order chi connectivity index (χ0) is 18.8. The Morgan fingerprint density at radius 3 is 2.44 bits per heavy atom. The number of carbonyl (C=O) groups excluding carboxylic acids is 1. The summed E-state index contributed by atoms with van der Waals surface area (Å²) in [5.74, 6) is 0.793. The molecular weight excluding hydrogens is 340 g/mol. The average molecular weight is 362 g/mol. The fraction of sp³-hybridized carbons (Fsp3) is 0.286. The Balaban J connectivity index is 1.41. The van der Waals surface area contributed by atoms with Crippen molar-refractivity contribution >= 4 is 22.4 Å². The number of ketones is 1. The molecule has 0 atom stereocenters. The lowest BCUT2D eigenvalue weighted by molar-refractivity contribution is 0.101. The number of H-pyrrole nitrogens is 1. The normalized spacial score (nSPS) is 15.2. The van der Waals surface area contributed by atoms with Gasteiger partial charge in [-0.1, -0.05) is 12.1 Å². The number of piperazine rings is 1. The van der Waals surface area contributed by atoms with Crippen molar-refractivity contribution in [3.05, 3.63) is 70.3 Å². The van der Waals surface area contributed by atoms with Gasteiger partial charge in [0.05, 0.1) is 17.4 Å². The molecule has 0 unspecified atom stereocenters. The molecule has 138 valence electrons. The lowest BCUT2D eigenvalue weighted by Gasteiger charge is -2.35. The zero-order valence-corrected chi connectivity index (χ0v) is 15.3. The Hall–Kier alpha value is -2.99. The van der Waals surface area contributed by atoms with E-state index in [9.17, 15) is 9.59 Å². The number of nitrogens with zero attached hydrogens (tertiary/aromatic N) is 3. The van der Waals surface area contributed by atoms with Crippen LogP contribution in [0.4, 0.5) is 5.69 Å². The number of anilines is 1. The van der Waals surface area contributed by atoms with E-state index in [1.165, 1.54) is 0 Å². The van der Waals surface area contributed by atoms with Gasteiger partial charge >= 0.3 is 0 Å². The molecule has 1 aromatic heterocycles. The van der Waals surface area contributed by atoms with Gasteiger partial charge in [-0.3, -0.25) is 14.5 Å². The number of rotatable bonds is 4. The van der Waals surface area contributed by atoms with E-state index in [4.69, 9.17) is 0 Å². The molecule has 1 saturated heterocycles. The van der Waals surface area contributed by atoms with Crippen LogP contribution < -0.4 is 10.5 Å². The van der Waals surface area contributed by atoms with Gasteiger partial charge in [0, 0.05) is 37.4 Å². The Morgan fingerprint density at radius 2 is 1.74 bits per heavy atom. The molecule has 1 aliphatic rings. The van der Waals surface area contributed by atoms with Gasteiger partial charge in [0.2, 0.25) is 0 Å². The zero-order valence-electron chi connectivity index (χ0n) is 15.3. The molecule has 2 aromatic carbocycles. The van der Waals surface area contributed by atoms with E-state index >= 15 is 0 Å². The number of hydrogen-bond acceptors (Lipinski definition) is 5. The van der Waals surface area contributed by atoms with Crippen LogP contribution in [0.5, 0.6) is 0 Å². The molecule has 27 heavy (non-hydrogen) atoms. The third kappa shape index (κ3) is 3.75. The number of para-hydroxylation sites is 1. The maximum absolute atomic E-state index is 12.2. The van der Waals surface area contributed by atoms with E-state index in [1.807, 2.05) is 42.5 Å². The third-order valence-electron chi connectivity index (χ3n) is 5.05. The molecule has 1 N–H and O–H groups in total. The van der Waals surface area contributed by atoms with Gasteiger partial charge in [-0.05, 0) is 43.3 Å². The molecule has 1 fully saturated rings. The summed E-state index contributed by atoms with van der Waals surface area (Å²) in [7, 11) is 0. The van der Waals surface area contributed by atoms with Gasteiger partial charge in [-0.15, -0.1) is 0 Å². The molecule has 0 aliphatic carbocycles. The van der Waals surface area contributed by atoms with Crippen LogP contribution in [0.15, 0.2) is 53.3 Å². The Kier molecular flexibility index (Phi) is 4.73. The van der Waals surface area contributed by atoms with E-state index < -0.39 is 0 Å². The molecule has 2 heterocycles. The lowest BCUT2D eigenvalue weighted by Crippen LogP contribution is -2.46. The highest BCUT2D eigenvalue weighted by molar-refractivity contribution is 5.94. The molecule has 6 heteroatoms. The summed E-state index contributed by atoms with van der Waals surface area (Å²) in [6.07, 6.45) is 0. The van der Waals surface area contributed by atoms with Crippen molar-refractivity contribution in [1.82, 2.24) is 14.9 Å². The average Bonchev–Trinajstić information content (AvgIpc) is 2.69. The Morgan fingerprint density at radius 1 is 1.04 bits per heavy atom. The van der Waals surface area contributed by atoms with Crippen LogP contribution in [0, 0.1) is 0 Å². The van der Waals surface area contributed by atoms with Crippen LogP contribution in [-0.2, 0) is 6.54 Å². The first-order chi connectivity index (χ1) is 13.1. The SMILES string of the molecule is CC(=O)c1ccc(N2CCN(Cc3nc4ccccc4c(=O)[nH]3)CC2)cc1. The van der Waals surface area contributed by atoms with Gasteiger partial charge in [-0.25, -0.2) is 4.98 Å². The van der Waals surface area contributed by atoms with Crippen molar-refractivity contribution in [3.63, 3.8) is 0 Å². The van der Waals surface area contributed by atoms with Gasteiger partial charge in [0.25, 0.3) is 5.56 Å². The van der Waals surface area contributed by atoms with E-state index in [-0.39, 0.29) is 11.3 Å². The molecular formula is C21H22N4O2. The van der Waals surface area contributed by atoms with Gasteiger partial charge in [0.15, 0.2) is 5.78 Å². The van der Waals surface area contributed by atoms with Gasteiger partial charge in [-0.2, -0.15) is 0 Å². The largest absolute Gasteiger partial charge is 0.369 e. The van der Waals surface area contributed by atoms with Crippen molar-refractivity contribution in [2.45, 2.75) is 13.5 Å². The van der Waals surface area contributed by atoms with Crippen molar-refractivity contribution in [2.75, 3.05) is 31.1 Å². The summed E-state index contributed by atoms with van der Waals surface area (Å²) in [6, 6.07) is 15.2. The highest BCUT2D eigenvalue weighted by atomic mass is 16.1. The molecule has 4 rings (SSSR count). The van der Waals surface area contributed by atoms with Crippen molar-refractivity contribution in [2.24, 2.45) is 0 Å². The molecule has 3 aromatic rings. The first-order valence-electron chi connectivity index (χ1n) is 9.16. The number of benzene rings is 2. The monoisotopic (exact) mass is 362 g/mol. The standard InChI is InChI=1S/C21H22N4O2/c1-15(26)16-6-8-17(9-7-16)25-12-10-24(11-13-25)14-20-22-19-5-3-2-4-18(19)21(27)23-20/h2-9H,10-14H2,1H3,(H,22,23,27). The van der Waals surface area contributed by atoms with Crippen LogP contribution in [-0.4, -0.2) is 46.8 Å². The van der Waals surface area contributed by atoms with E-state index in [0.29, 0.717) is 17.8 Å². The number of aromatic nitrogens is 2. The van der Waals surface area contributed by atoms with E-state index in [0.717, 1.165) is 42.9 Å². The van der Waals surface area contributed by atoms with E-state index in [1.54, 1.807) is 13.0 Å².